The van der Waals surface area contributed by atoms with Gasteiger partial charge < -0.3 is 8.37 Å². The van der Waals surface area contributed by atoms with Crippen LogP contribution >= 0.6 is 0 Å². The highest BCUT2D eigenvalue weighted by molar-refractivity contribution is 7.88. The van der Waals surface area contributed by atoms with Crippen molar-refractivity contribution in [2.24, 2.45) is 0 Å². The molecule has 0 amide bonds. The largest absolute Gasteiger partial charge is 0.534 e. The van der Waals surface area contributed by atoms with Gasteiger partial charge in [0, 0.05) is 0 Å². The topological polar surface area (TPSA) is 86.7 Å². The molecule has 0 spiro atoms. The Labute approximate surface area is 187 Å². The van der Waals surface area contributed by atoms with Crippen LogP contribution in [0.4, 0.5) is 26.3 Å². The van der Waals surface area contributed by atoms with Crippen LogP contribution in [-0.4, -0.2) is 27.9 Å². The van der Waals surface area contributed by atoms with Crippen LogP contribution in [0.15, 0.2) is 60.7 Å². The van der Waals surface area contributed by atoms with Gasteiger partial charge in [-0.25, -0.2) is 0 Å². The highest BCUT2D eigenvalue weighted by Crippen LogP contribution is 2.36. The van der Waals surface area contributed by atoms with Gasteiger partial charge in [-0.3, -0.25) is 0 Å². The minimum atomic E-state index is -5.84. The number of benzene rings is 4. The van der Waals surface area contributed by atoms with Crippen LogP contribution in [0.1, 0.15) is 0 Å². The summed E-state index contributed by atoms with van der Waals surface area (Å²) in [4.78, 5) is 0. The third-order valence-corrected chi connectivity index (χ3v) is 6.71. The maximum absolute atomic E-state index is 12.6. The van der Waals surface area contributed by atoms with Crippen molar-refractivity contribution < 1.29 is 51.5 Å². The third-order valence-electron chi connectivity index (χ3n) is 4.75. The lowest BCUT2D eigenvalue weighted by Crippen LogP contribution is -2.28. The van der Waals surface area contributed by atoms with Gasteiger partial charge in [-0.2, -0.15) is 43.2 Å². The fourth-order valence-electron chi connectivity index (χ4n) is 3.30. The maximum atomic E-state index is 12.6. The monoisotopic (exact) mass is 524 g/mol. The first-order valence-electron chi connectivity index (χ1n) is 9.00. The Bertz CT molecular complexity index is 1530. The molecule has 0 radical (unpaired) electrons. The molecule has 0 heterocycles. The van der Waals surface area contributed by atoms with Crippen LogP contribution in [0.25, 0.3) is 32.3 Å². The van der Waals surface area contributed by atoms with E-state index in [0.29, 0.717) is 32.3 Å². The number of rotatable bonds is 4. The number of hydrogen-bond acceptors (Lipinski definition) is 6. The second-order valence-corrected chi connectivity index (χ2v) is 10.0. The number of halogens is 6. The molecule has 0 aliphatic rings. The maximum Gasteiger partial charge on any atom is 0.534 e. The Balaban J connectivity index is 1.77. The zero-order valence-corrected chi connectivity index (χ0v) is 17.9. The molecule has 34 heavy (non-hydrogen) atoms. The van der Waals surface area contributed by atoms with Gasteiger partial charge in [0.15, 0.2) is 0 Å². The van der Waals surface area contributed by atoms with Gasteiger partial charge in [0.2, 0.25) is 0 Å². The van der Waals surface area contributed by atoms with Crippen molar-refractivity contribution in [1.29, 1.82) is 0 Å². The summed E-state index contributed by atoms with van der Waals surface area (Å²) in [5.41, 5.74) is -11.2. The van der Waals surface area contributed by atoms with E-state index in [2.05, 4.69) is 8.37 Å². The van der Waals surface area contributed by atoms with Gasteiger partial charge in [-0.05, 0) is 56.6 Å². The predicted octanol–water partition coefficient (Wildman–Crippen LogP) is 5.60. The predicted molar refractivity (Wildman–Crippen MR) is 110 cm³/mol. The molecule has 0 saturated heterocycles. The highest BCUT2D eigenvalue weighted by Gasteiger charge is 2.49. The average molecular weight is 524 g/mol. The molecular weight excluding hydrogens is 514 g/mol. The fraction of sp³-hybridized carbons (Fsp3) is 0.100. The minimum Gasteiger partial charge on any atom is -0.376 e. The molecule has 180 valence electrons. The summed E-state index contributed by atoms with van der Waals surface area (Å²) in [6.07, 6.45) is 0. The lowest BCUT2D eigenvalue weighted by Gasteiger charge is -2.12. The average Bonchev–Trinajstić information content (AvgIpc) is 2.70. The molecule has 0 bridgehead atoms. The molecule has 0 aliphatic heterocycles. The molecule has 0 saturated carbocycles. The van der Waals surface area contributed by atoms with Crippen LogP contribution in [0.5, 0.6) is 11.5 Å². The smallest absolute Gasteiger partial charge is 0.376 e. The molecule has 0 atom stereocenters. The molecule has 0 aliphatic carbocycles. The van der Waals surface area contributed by atoms with Gasteiger partial charge in [-0.15, -0.1) is 0 Å². The minimum absolute atomic E-state index is 0.359. The van der Waals surface area contributed by atoms with Crippen LogP contribution in [0.3, 0.4) is 0 Å². The van der Waals surface area contributed by atoms with Crippen molar-refractivity contribution in [2.45, 2.75) is 11.0 Å². The van der Waals surface area contributed by atoms with Gasteiger partial charge in [0.25, 0.3) is 0 Å². The van der Waals surface area contributed by atoms with Crippen molar-refractivity contribution in [3.8, 4) is 11.5 Å². The molecule has 0 fully saturated rings. The lowest BCUT2D eigenvalue weighted by molar-refractivity contribution is -0.0504. The number of fused-ring (bicyclic) bond motifs is 5. The third kappa shape index (κ3) is 4.18. The Kier molecular flexibility index (Phi) is 5.36. The Hall–Kier alpha value is -3.26. The molecule has 4 aromatic carbocycles. The SMILES string of the molecule is O=S(=O)(Oc1ccc2c(ccc3c4ccc(OS(=O)(=O)C(F)(F)F)cc4ccc23)c1)C(F)(F)F. The highest BCUT2D eigenvalue weighted by atomic mass is 32.2. The van der Waals surface area contributed by atoms with E-state index in [1.54, 1.807) is 12.1 Å². The van der Waals surface area contributed by atoms with Crippen LogP contribution in [0.2, 0.25) is 0 Å². The zero-order valence-electron chi connectivity index (χ0n) is 16.3. The van der Waals surface area contributed by atoms with E-state index >= 15 is 0 Å². The Morgan fingerprint density at radius 1 is 0.500 bits per heavy atom. The normalized spacial score (nSPS) is 13.5. The number of hydrogen-bond donors (Lipinski definition) is 0. The van der Waals surface area contributed by atoms with E-state index in [4.69, 9.17) is 0 Å². The summed E-state index contributed by atoms with van der Waals surface area (Å²) >= 11 is 0. The van der Waals surface area contributed by atoms with Crippen molar-refractivity contribution in [3.05, 3.63) is 60.7 Å². The number of alkyl halides is 6. The van der Waals surface area contributed by atoms with Crippen molar-refractivity contribution in [1.82, 2.24) is 0 Å². The van der Waals surface area contributed by atoms with E-state index in [1.165, 1.54) is 24.3 Å². The van der Waals surface area contributed by atoms with Crippen molar-refractivity contribution in [2.75, 3.05) is 0 Å². The first-order valence-corrected chi connectivity index (χ1v) is 11.8. The molecule has 6 nitrogen and oxygen atoms in total. The van der Waals surface area contributed by atoms with Gasteiger partial charge in [-0.1, -0.05) is 36.4 Å². The van der Waals surface area contributed by atoms with E-state index in [0.717, 1.165) is 24.3 Å². The molecule has 14 heteroatoms. The molecule has 0 aromatic heterocycles. The fourth-order valence-corrected chi connectivity index (χ4v) is 4.20. The molecular formula is C20H10F6O6S2. The zero-order chi connectivity index (χ0) is 25.1. The molecule has 4 rings (SSSR count). The second-order valence-electron chi connectivity index (χ2n) is 6.96. The summed E-state index contributed by atoms with van der Waals surface area (Å²) in [6, 6.07) is 13.1. The van der Waals surface area contributed by atoms with Gasteiger partial charge in [0.1, 0.15) is 11.5 Å². The standard InChI is InChI=1S/C20H10F6O6S2/c21-19(22,23)33(27,28)31-13-3-7-15-11(9-13)1-5-17-16-8-4-14(10-12(16)2-6-18(15)17)32-34(29,30)20(24,25)26/h1-10H. The lowest BCUT2D eigenvalue weighted by atomic mass is 9.97. The first-order chi connectivity index (χ1) is 15.6. The van der Waals surface area contributed by atoms with E-state index < -0.39 is 42.8 Å². The van der Waals surface area contributed by atoms with Crippen molar-refractivity contribution >= 4 is 52.6 Å². The van der Waals surface area contributed by atoms with E-state index in [1.807, 2.05) is 0 Å². The van der Waals surface area contributed by atoms with Gasteiger partial charge in [0.05, 0.1) is 0 Å². The Morgan fingerprint density at radius 2 is 0.824 bits per heavy atom. The van der Waals surface area contributed by atoms with Crippen LogP contribution < -0.4 is 8.37 Å². The summed E-state index contributed by atoms with van der Waals surface area (Å²) in [7, 11) is -11.7. The van der Waals surface area contributed by atoms with Crippen molar-refractivity contribution in [3.63, 3.8) is 0 Å². The molecule has 0 unspecified atom stereocenters. The van der Waals surface area contributed by atoms with Gasteiger partial charge >= 0.3 is 31.3 Å². The quantitative estimate of drug-likeness (QED) is 0.150. The second kappa shape index (κ2) is 7.63. The van der Waals surface area contributed by atoms with E-state index in [9.17, 15) is 43.2 Å². The van der Waals surface area contributed by atoms with E-state index in [-0.39, 0.29) is 0 Å². The summed E-state index contributed by atoms with van der Waals surface area (Å²) < 4.78 is 129. The first kappa shape index (κ1) is 23.9. The molecule has 0 N–H and O–H groups in total. The summed E-state index contributed by atoms with van der Waals surface area (Å²) in [5.74, 6) is -1.09. The summed E-state index contributed by atoms with van der Waals surface area (Å²) in [5, 5.41) is 2.95. The van der Waals surface area contributed by atoms with Crippen LogP contribution in [0, 0.1) is 0 Å². The van der Waals surface area contributed by atoms with Crippen LogP contribution in [-0.2, 0) is 20.2 Å². The Morgan fingerprint density at radius 3 is 1.15 bits per heavy atom. The molecule has 4 aromatic rings. The summed E-state index contributed by atoms with van der Waals surface area (Å²) in [6.45, 7) is 0.